The van der Waals surface area contributed by atoms with Gasteiger partial charge in [-0.3, -0.25) is 0 Å². The van der Waals surface area contributed by atoms with Crippen molar-refractivity contribution in [1.29, 1.82) is 0 Å². The molecule has 0 atom stereocenters. The van der Waals surface area contributed by atoms with Crippen LogP contribution < -0.4 is 4.72 Å². The second kappa shape index (κ2) is 6.27. The van der Waals surface area contributed by atoms with E-state index < -0.39 is 10.0 Å². The summed E-state index contributed by atoms with van der Waals surface area (Å²) in [4.78, 5) is 1.26. The van der Waals surface area contributed by atoms with E-state index in [4.69, 9.17) is 0 Å². The number of nitrogens with one attached hydrogen (secondary N) is 1. The Morgan fingerprint density at radius 1 is 1.15 bits per heavy atom. The molecule has 0 saturated heterocycles. The van der Waals surface area contributed by atoms with Crippen molar-refractivity contribution in [2.45, 2.75) is 25.3 Å². The number of sulfonamides is 1. The fourth-order valence-corrected chi connectivity index (χ4v) is 5.27. The molecule has 1 aromatic heterocycles. The Morgan fingerprint density at radius 2 is 1.85 bits per heavy atom. The molecule has 0 amide bonds. The fourth-order valence-electron chi connectivity index (χ4n) is 1.66. The summed E-state index contributed by atoms with van der Waals surface area (Å²) in [6, 6.07) is 5.38. The Bertz CT molecular complexity index is 739. The Kier molecular flexibility index (Phi) is 5.07. The van der Waals surface area contributed by atoms with Crippen molar-refractivity contribution in [3.05, 3.63) is 48.5 Å². The number of hydrogen-bond donors (Lipinski definition) is 1. The molecule has 1 aromatic carbocycles. The van der Waals surface area contributed by atoms with E-state index in [2.05, 4.69) is 36.6 Å². The van der Waals surface area contributed by atoms with E-state index in [0.29, 0.717) is 11.0 Å². The fraction of sp³-hybridized carbons (Fsp3) is 0.231. The van der Waals surface area contributed by atoms with Gasteiger partial charge in [-0.05, 0) is 64.5 Å². The number of hydrogen-bond acceptors (Lipinski definition) is 3. The second-order valence-electron chi connectivity index (χ2n) is 4.38. The number of thiophene rings is 1. The standard InChI is InChI=1S/C13H13Br2NO2S2/c1-8-3-4-19-12(8)7-16-20(17,18)13-6-10(14)9(2)5-11(13)15/h3-6,16H,7H2,1-2H3. The van der Waals surface area contributed by atoms with Crippen LogP contribution >= 0.6 is 43.2 Å². The Balaban J connectivity index is 2.27. The molecule has 108 valence electrons. The maximum Gasteiger partial charge on any atom is 0.242 e. The van der Waals surface area contributed by atoms with Crippen LogP contribution in [0.5, 0.6) is 0 Å². The first-order chi connectivity index (χ1) is 9.31. The molecular formula is C13H13Br2NO2S2. The summed E-state index contributed by atoms with van der Waals surface area (Å²) in [6.07, 6.45) is 0. The smallest absolute Gasteiger partial charge is 0.207 e. The van der Waals surface area contributed by atoms with Crippen molar-refractivity contribution < 1.29 is 8.42 Å². The molecule has 0 spiro atoms. The van der Waals surface area contributed by atoms with Gasteiger partial charge in [-0.15, -0.1) is 11.3 Å². The number of rotatable bonds is 4. The lowest BCUT2D eigenvalue weighted by Crippen LogP contribution is -2.23. The zero-order chi connectivity index (χ0) is 14.9. The lowest BCUT2D eigenvalue weighted by molar-refractivity contribution is 0.581. The maximum atomic E-state index is 12.4. The van der Waals surface area contributed by atoms with Crippen molar-refractivity contribution in [1.82, 2.24) is 4.72 Å². The molecule has 0 fully saturated rings. The van der Waals surface area contributed by atoms with E-state index in [-0.39, 0.29) is 4.90 Å². The predicted octanol–water partition coefficient (Wildman–Crippen LogP) is 4.37. The molecule has 0 aliphatic heterocycles. The summed E-state index contributed by atoms with van der Waals surface area (Å²) in [5.41, 5.74) is 2.08. The largest absolute Gasteiger partial charge is 0.242 e. The SMILES string of the molecule is Cc1cc(Br)c(S(=O)(=O)NCc2sccc2C)cc1Br. The van der Waals surface area contributed by atoms with Gasteiger partial charge >= 0.3 is 0 Å². The molecule has 2 rings (SSSR count). The number of aryl methyl sites for hydroxylation is 2. The third-order valence-electron chi connectivity index (χ3n) is 2.89. The van der Waals surface area contributed by atoms with Crippen LogP contribution in [0.3, 0.4) is 0 Å². The van der Waals surface area contributed by atoms with Gasteiger partial charge in [-0.1, -0.05) is 15.9 Å². The Hall–Kier alpha value is -0.210. The van der Waals surface area contributed by atoms with Gasteiger partial charge in [0.15, 0.2) is 0 Å². The molecule has 0 saturated carbocycles. The van der Waals surface area contributed by atoms with E-state index in [0.717, 1.165) is 20.5 Å². The molecule has 2 aromatic rings. The number of halogens is 2. The Morgan fingerprint density at radius 3 is 2.45 bits per heavy atom. The first kappa shape index (κ1) is 16.2. The minimum Gasteiger partial charge on any atom is -0.207 e. The molecule has 0 bridgehead atoms. The Labute approximate surface area is 139 Å². The molecule has 1 heterocycles. The first-order valence-electron chi connectivity index (χ1n) is 5.79. The van der Waals surface area contributed by atoms with E-state index in [1.165, 1.54) is 0 Å². The molecule has 0 unspecified atom stereocenters. The van der Waals surface area contributed by atoms with Crippen LogP contribution in [0.2, 0.25) is 0 Å². The van der Waals surface area contributed by atoms with Crippen LogP contribution in [0.25, 0.3) is 0 Å². The molecule has 7 heteroatoms. The van der Waals surface area contributed by atoms with Crippen LogP contribution in [0.15, 0.2) is 37.4 Å². The van der Waals surface area contributed by atoms with Crippen LogP contribution in [0, 0.1) is 13.8 Å². The lowest BCUT2D eigenvalue weighted by Gasteiger charge is -2.10. The van der Waals surface area contributed by atoms with Gasteiger partial charge in [0.05, 0.1) is 4.90 Å². The van der Waals surface area contributed by atoms with Gasteiger partial charge in [0.1, 0.15) is 0 Å². The quantitative estimate of drug-likeness (QED) is 0.770. The summed E-state index contributed by atoms with van der Waals surface area (Å²) < 4.78 is 28.7. The highest BCUT2D eigenvalue weighted by Gasteiger charge is 2.19. The zero-order valence-electron chi connectivity index (χ0n) is 10.9. The molecule has 1 N–H and O–H groups in total. The summed E-state index contributed by atoms with van der Waals surface area (Å²) in [6.45, 7) is 4.19. The third kappa shape index (κ3) is 3.51. The molecule has 3 nitrogen and oxygen atoms in total. The average molecular weight is 439 g/mol. The topological polar surface area (TPSA) is 46.2 Å². The maximum absolute atomic E-state index is 12.4. The van der Waals surface area contributed by atoms with Crippen molar-refractivity contribution in [2.24, 2.45) is 0 Å². The van der Waals surface area contributed by atoms with Crippen molar-refractivity contribution in [3.8, 4) is 0 Å². The third-order valence-corrected chi connectivity index (χ3v) is 7.13. The summed E-state index contributed by atoms with van der Waals surface area (Å²) in [7, 11) is -3.54. The van der Waals surface area contributed by atoms with Crippen LogP contribution in [0.4, 0.5) is 0 Å². The van der Waals surface area contributed by atoms with Gasteiger partial charge in [0, 0.05) is 20.4 Å². The first-order valence-corrected chi connectivity index (χ1v) is 9.74. The highest BCUT2D eigenvalue weighted by Crippen LogP contribution is 2.29. The molecular weight excluding hydrogens is 426 g/mol. The predicted molar refractivity (Wildman–Crippen MR) is 89.7 cm³/mol. The summed E-state index contributed by atoms with van der Waals surface area (Å²) in [5.74, 6) is 0. The number of benzene rings is 1. The van der Waals surface area contributed by atoms with Gasteiger partial charge < -0.3 is 0 Å². The molecule has 20 heavy (non-hydrogen) atoms. The second-order valence-corrected chi connectivity index (χ2v) is 8.83. The summed E-state index contributed by atoms with van der Waals surface area (Å²) in [5, 5.41) is 1.96. The van der Waals surface area contributed by atoms with E-state index >= 15 is 0 Å². The minimum atomic E-state index is -3.54. The van der Waals surface area contributed by atoms with Crippen molar-refractivity contribution >= 4 is 53.2 Å². The van der Waals surface area contributed by atoms with Gasteiger partial charge in [0.25, 0.3) is 0 Å². The highest BCUT2D eigenvalue weighted by atomic mass is 79.9. The zero-order valence-corrected chi connectivity index (χ0v) is 15.7. The van der Waals surface area contributed by atoms with Gasteiger partial charge in [-0.2, -0.15) is 0 Å². The van der Waals surface area contributed by atoms with Gasteiger partial charge in [-0.25, -0.2) is 13.1 Å². The van der Waals surface area contributed by atoms with Crippen LogP contribution in [-0.4, -0.2) is 8.42 Å². The van der Waals surface area contributed by atoms with E-state index in [9.17, 15) is 8.42 Å². The average Bonchev–Trinajstić information content (AvgIpc) is 2.77. The highest BCUT2D eigenvalue weighted by molar-refractivity contribution is 9.11. The van der Waals surface area contributed by atoms with E-state index in [1.807, 2.05) is 25.3 Å². The molecule has 0 aliphatic carbocycles. The van der Waals surface area contributed by atoms with Gasteiger partial charge in [0.2, 0.25) is 10.0 Å². The monoisotopic (exact) mass is 437 g/mol. The van der Waals surface area contributed by atoms with Crippen molar-refractivity contribution in [2.75, 3.05) is 0 Å². The normalized spacial score (nSPS) is 11.8. The van der Waals surface area contributed by atoms with E-state index in [1.54, 1.807) is 23.5 Å². The van der Waals surface area contributed by atoms with Crippen LogP contribution in [-0.2, 0) is 16.6 Å². The summed E-state index contributed by atoms with van der Waals surface area (Å²) >= 11 is 8.22. The molecule has 0 aliphatic rings. The lowest BCUT2D eigenvalue weighted by atomic mass is 10.2. The minimum absolute atomic E-state index is 0.240. The van der Waals surface area contributed by atoms with Crippen molar-refractivity contribution in [3.63, 3.8) is 0 Å². The molecule has 0 radical (unpaired) electrons. The van der Waals surface area contributed by atoms with Crippen LogP contribution in [0.1, 0.15) is 16.0 Å².